The van der Waals surface area contributed by atoms with Crippen molar-refractivity contribution >= 4 is 11.8 Å². The van der Waals surface area contributed by atoms with Gasteiger partial charge in [-0.1, -0.05) is 36.4 Å². The Morgan fingerprint density at radius 2 is 1.47 bits per heavy atom. The fourth-order valence-corrected chi connectivity index (χ4v) is 4.53. The first kappa shape index (κ1) is 22.1. The van der Waals surface area contributed by atoms with Crippen LogP contribution < -0.4 is 9.47 Å². The fraction of sp³-hybridized carbons (Fsp3) is 0.440. The number of para-hydroxylation sites is 2. The maximum Gasteiger partial charge on any atom is 0.261 e. The van der Waals surface area contributed by atoms with Crippen LogP contribution in [0, 0.1) is 0 Å². The molecule has 2 fully saturated rings. The molecule has 0 bridgehead atoms. The van der Waals surface area contributed by atoms with Gasteiger partial charge in [-0.05, 0) is 49.9 Å². The van der Waals surface area contributed by atoms with E-state index in [0.29, 0.717) is 31.0 Å². The topological polar surface area (TPSA) is 79.3 Å². The Kier molecular flexibility index (Phi) is 7.27. The fourth-order valence-electron chi connectivity index (χ4n) is 4.53. The molecule has 7 heteroatoms. The lowest BCUT2D eigenvalue weighted by atomic mass is 10.1. The predicted molar refractivity (Wildman–Crippen MR) is 119 cm³/mol. The monoisotopic (exact) mass is 438 g/mol. The number of carbonyl (C=O) groups is 2. The molecule has 2 aromatic carbocycles. The minimum absolute atomic E-state index is 0.0863. The largest absolute Gasteiger partial charge is 0.491 e. The zero-order chi connectivity index (χ0) is 22.3. The van der Waals surface area contributed by atoms with E-state index in [1.54, 1.807) is 21.9 Å². The zero-order valence-corrected chi connectivity index (χ0v) is 18.1. The van der Waals surface area contributed by atoms with Crippen molar-refractivity contribution in [2.24, 2.45) is 0 Å². The van der Waals surface area contributed by atoms with Crippen LogP contribution in [0.25, 0.3) is 0 Å². The molecule has 4 rings (SSSR count). The molecule has 7 nitrogen and oxygen atoms in total. The van der Waals surface area contributed by atoms with Crippen LogP contribution in [0.5, 0.6) is 11.5 Å². The summed E-state index contributed by atoms with van der Waals surface area (Å²) in [6.45, 7) is 1.16. The van der Waals surface area contributed by atoms with Gasteiger partial charge in [0.15, 0.2) is 6.61 Å². The molecular weight excluding hydrogens is 408 g/mol. The van der Waals surface area contributed by atoms with Crippen LogP contribution in [-0.2, 0) is 9.59 Å². The number of likely N-dealkylation sites (tertiary alicyclic amines) is 2. The summed E-state index contributed by atoms with van der Waals surface area (Å²) < 4.78 is 11.3. The summed E-state index contributed by atoms with van der Waals surface area (Å²) in [6, 6.07) is 17.7. The standard InChI is InChI=1S/C25H30N2O5/c28-23(17-31-19-9-3-1-4-10-19)21-13-7-16-27(21)25(30)22-14-8-15-26(22)24(29)18-32-20-11-5-2-6-12-20/h1-6,9-12,21-23,28H,7-8,13-18H2/t21-,22-,23?/m0/s1. The van der Waals surface area contributed by atoms with Crippen molar-refractivity contribution in [1.29, 1.82) is 0 Å². The number of ether oxygens (including phenoxy) is 2. The first-order valence-corrected chi connectivity index (χ1v) is 11.3. The quantitative estimate of drug-likeness (QED) is 0.685. The molecule has 170 valence electrons. The molecular formula is C25H30N2O5. The molecule has 3 atom stereocenters. The van der Waals surface area contributed by atoms with Crippen molar-refractivity contribution in [3.63, 3.8) is 0 Å². The van der Waals surface area contributed by atoms with Gasteiger partial charge in [-0.25, -0.2) is 0 Å². The van der Waals surface area contributed by atoms with E-state index in [0.717, 1.165) is 19.3 Å². The minimum atomic E-state index is -0.784. The van der Waals surface area contributed by atoms with Gasteiger partial charge in [0.05, 0.1) is 6.04 Å². The van der Waals surface area contributed by atoms with E-state index >= 15 is 0 Å². The summed E-state index contributed by atoms with van der Waals surface area (Å²) in [6.07, 6.45) is 2.19. The van der Waals surface area contributed by atoms with Crippen LogP contribution in [-0.4, -0.2) is 71.2 Å². The summed E-state index contributed by atoms with van der Waals surface area (Å²) in [5.74, 6) is 1.04. The van der Waals surface area contributed by atoms with Gasteiger partial charge >= 0.3 is 0 Å². The van der Waals surface area contributed by atoms with Crippen molar-refractivity contribution in [1.82, 2.24) is 9.80 Å². The van der Waals surface area contributed by atoms with Crippen molar-refractivity contribution < 1.29 is 24.2 Å². The Bertz CT molecular complexity index is 892. The third-order valence-corrected chi connectivity index (χ3v) is 6.15. The lowest BCUT2D eigenvalue weighted by Crippen LogP contribution is -2.53. The van der Waals surface area contributed by atoms with Crippen LogP contribution in [0.1, 0.15) is 25.7 Å². The summed E-state index contributed by atoms with van der Waals surface area (Å²) in [7, 11) is 0. The second-order valence-corrected chi connectivity index (χ2v) is 8.28. The van der Waals surface area contributed by atoms with Crippen molar-refractivity contribution in [2.45, 2.75) is 43.9 Å². The molecule has 2 amide bonds. The number of rotatable bonds is 8. The molecule has 0 spiro atoms. The molecule has 0 aliphatic carbocycles. The molecule has 1 unspecified atom stereocenters. The molecule has 2 aromatic rings. The second-order valence-electron chi connectivity index (χ2n) is 8.28. The maximum atomic E-state index is 13.4. The van der Waals surface area contributed by atoms with E-state index in [9.17, 15) is 14.7 Å². The Balaban J connectivity index is 1.34. The van der Waals surface area contributed by atoms with E-state index in [1.165, 1.54) is 0 Å². The second kappa shape index (κ2) is 10.5. The number of benzene rings is 2. The lowest BCUT2D eigenvalue weighted by molar-refractivity contribution is -0.146. The highest BCUT2D eigenvalue weighted by atomic mass is 16.5. The van der Waals surface area contributed by atoms with Gasteiger partial charge in [-0.2, -0.15) is 0 Å². The van der Waals surface area contributed by atoms with Crippen molar-refractivity contribution in [2.75, 3.05) is 26.3 Å². The average molecular weight is 439 g/mol. The first-order chi connectivity index (χ1) is 15.6. The summed E-state index contributed by atoms with van der Waals surface area (Å²) >= 11 is 0. The Morgan fingerprint density at radius 1 is 0.875 bits per heavy atom. The molecule has 0 aromatic heterocycles. The van der Waals surface area contributed by atoms with Gasteiger partial charge in [0, 0.05) is 13.1 Å². The van der Waals surface area contributed by atoms with Crippen molar-refractivity contribution in [3.8, 4) is 11.5 Å². The van der Waals surface area contributed by atoms with Crippen LogP contribution in [0.4, 0.5) is 0 Å². The number of aliphatic hydroxyl groups excluding tert-OH is 1. The van der Waals surface area contributed by atoms with E-state index in [1.807, 2.05) is 48.5 Å². The maximum absolute atomic E-state index is 13.4. The minimum Gasteiger partial charge on any atom is -0.491 e. The van der Waals surface area contributed by atoms with Gasteiger partial charge in [0.25, 0.3) is 5.91 Å². The van der Waals surface area contributed by atoms with Gasteiger partial charge in [0.2, 0.25) is 5.91 Å². The number of amides is 2. The Morgan fingerprint density at radius 3 is 2.16 bits per heavy atom. The third kappa shape index (κ3) is 5.22. The Labute approximate surface area is 188 Å². The molecule has 1 N–H and O–H groups in total. The molecule has 0 radical (unpaired) electrons. The SMILES string of the molecule is O=C(COc1ccccc1)N1CCC[C@H]1C(=O)N1CCC[C@H]1C(O)COc1ccccc1. The normalized spacial score (nSPS) is 21.4. The summed E-state index contributed by atoms with van der Waals surface area (Å²) in [4.78, 5) is 29.5. The van der Waals surface area contributed by atoms with Gasteiger partial charge in [-0.3, -0.25) is 9.59 Å². The highest BCUT2D eigenvalue weighted by Crippen LogP contribution is 2.27. The highest BCUT2D eigenvalue weighted by molar-refractivity contribution is 5.89. The van der Waals surface area contributed by atoms with Crippen LogP contribution in [0.15, 0.2) is 60.7 Å². The zero-order valence-electron chi connectivity index (χ0n) is 18.1. The van der Waals surface area contributed by atoms with Gasteiger partial charge in [-0.15, -0.1) is 0 Å². The van der Waals surface area contributed by atoms with Crippen LogP contribution in [0.2, 0.25) is 0 Å². The summed E-state index contributed by atoms with van der Waals surface area (Å²) in [5, 5.41) is 10.7. The van der Waals surface area contributed by atoms with E-state index < -0.39 is 12.1 Å². The molecule has 32 heavy (non-hydrogen) atoms. The average Bonchev–Trinajstić information content (AvgIpc) is 3.52. The predicted octanol–water partition coefficient (Wildman–Crippen LogP) is 2.49. The smallest absolute Gasteiger partial charge is 0.261 e. The molecule has 0 saturated carbocycles. The molecule has 2 aliphatic rings. The number of aliphatic hydroxyl groups is 1. The molecule has 2 aliphatic heterocycles. The summed E-state index contributed by atoms with van der Waals surface area (Å²) in [5.41, 5.74) is 0. The number of nitrogens with zero attached hydrogens (tertiary/aromatic N) is 2. The van der Waals surface area contributed by atoms with Crippen LogP contribution >= 0.6 is 0 Å². The van der Waals surface area contributed by atoms with Crippen molar-refractivity contribution in [3.05, 3.63) is 60.7 Å². The van der Waals surface area contributed by atoms with Gasteiger partial charge in [0.1, 0.15) is 30.3 Å². The van der Waals surface area contributed by atoms with Gasteiger partial charge < -0.3 is 24.4 Å². The highest BCUT2D eigenvalue weighted by Gasteiger charge is 2.42. The first-order valence-electron chi connectivity index (χ1n) is 11.3. The lowest BCUT2D eigenvalue weighted by Gasteiger charge is -2.33. The van der Waals surface area contributed by atoms with E-state index in [2.05, 4.69) is 0 Å². The number of carbonyl (C=O) groups excluding carboxylic acids is 2. The number of hydrogen-bond acceptors (Lipinski definition) is 5. The number of hydrogen-bond donors (Lipinski definition) is 1. The van der Waals surface area contributed by atoms with E-state index in [4.69, 9.17) is 9.47 Å². The molecule has 2 heterocycles. The molecule has 2 saturated heterocycles. The third-order valence-electron chi connectivity index (χ3n) is 6.15. The van der Waals surface area contributed by atoms with E-state index in [-0.39, 0.29) is 31.1 Å². The van der Waals surface area contributed by atoms with Crippen LogP contribution in [0.3, 0.4) is 0 Å². The Hall–Kier alpha value is -3.06.